The van der Waals surface area contributed by atoms with E-state index < -0.39 is 0 Å². The zero-order valence-electron chi connectivity index (χ0n) is 17.2. The monoisotopic (exact) mass is 421 g/mol. The van der Waals surface area contributed by atoms with Gasteiger partial charge < -0.3 is 10.1 Å². The predicted molar refractivity (Wildman–Crippen MR) is 122 cm³/mol. The number of ether oxygens (including phenoxy) is 1. The van der Waals surface area contributed by atoms with Crippen LogP contribution in [-0.4, -0.2) is 49.0 Å². The molecule has 0 aliphatic carbocycles. The number of piperazine rings is 1. The topological polar surface area (TPSA) is 44.8 Å². The minimum Gasteiger partial charge on any atom is -0.497 e. The Bertz CT molecular complexity index is 938. The first kappa shape index (κ1) is 20.6. The van der Waals surface area contributed by atoms with Crippen molar-refractivity contribution >= 4 is 22.9 Å². The summed E-state index contributed by atoms with van der Waals surface area (Å²) in [6.45, 7) is 4.59. The van der Waals surface area contributed by atoms with Gasteiger partial charge in [-0.25, -0.2) is 0 Å². The molecule has 1 saturated heterocycles. The Morgan fingerprint density at radius 1 is 1.07 bits per heavy atom. The number of methoxy groups -OCH3 is 1. The van der Waals surface area contributed by atoms with Crippen molar-refractivity contribution < 1.29 is 9.53 Å². The number of hydrogen-bond acceptors (Lipinski definition) is 5. The van der Waals surface area contributed by atoms with E-state index in [1.807, 2.05) is 54.6 Å². The second-order valence-corrected chi connectivity index (χ2v) is 8.26. The second kappa shape index (κ2) is 9.89. The highest BCUT2D eigenvalue weighted by Crippen LogP contribution is 2.26. The third kappa shape index (κ3) is 5.08. The lowest BCUT2D eigenvalue weighted by atomic mass is 10.0. The molecule has 5 nitrogen and oxygen atoms in total. The molecule has 2 aromatic carbocycles. The van der Waals surface area contributed by atoms with Crippen molar-refractivity contribution in [2.75, 3.05) is 38.6 Å². The molecule has 1 aliphatic heterocycles. The molecule has 1 atom stereocenters. The van der Waals surface area contributed by atoms with Gasteiger partial charge in [0.05, 0.1) is 7.11 Å². The summed E-state index contributed by atoms with van der Waals surface area (Å²) in [7, 11) is 1.63. The normalized spacial score (nSPS) is 16.2. The Balaban J connectivity index is 1.47. The van der Waals surface area contributed by atoms with Gasteiger partial charge in [-0.2, -0.15) is 11.3 Å². The molecular weight excluding hydrogens is 394 g/mol. The number of rotatable bonds is 7. The Morgan fingerprint density at radius 2 is 1.87 bits per heavy atom. The van der Waals surface area contributed by atoms with Gasteiger partial charge in [0.1, 0.15) is 11.8 Å². The third-order valence-corrected chi connectivity index (χ3v) is 6.19. The Morgan fingerprint density at radius 3 is 2.57 bits per heavy atom. The van der Waals surface area contributed by atoms with Crippen LogP contribution in [0.3, 0.4) is 0 Å². The third-order valence-electron chi connectivity index (χ3n) is 5.46. The zero-order chi connectivity index (χ0) is 20.8. The fourth-order valence-corrected chi connectivity index (χ4v) is 4.56. The number of carbonyl (C=O) groups excluding carboxylic acids is 1. The van der Waals surface area contributed by atoms with Gasteiger partial charge in [0, 0.05) is 44.5 Å². The first-order valence-corrected chi connectivity index (χ1v) is 11.1. The highest BCUT2D eigenvalue weighted by atomic mass is 32.1. The Hall–Kier alpha value is -2.67. The summed E-state index contributed by atoms with van der Waals surface area (Å²) < 4.78 is 5.29. The van der Waals surface area contributed by atoms with E-state index in [-0.39, 0.29) is 11.9 Å². The van der Waals surface area contributed by atoms with Gasteiger partial charge in [0.15, 0.2) is 0 Å². The minimum absolute atomic E-state index is 0.0132. The van der Waals surface area contributed by atoms with Gasteiger partial charge in [0.25, 0.3) is 0 Å². The van der Waals surface area contributed by atoms with Crippen molar-refractivity contribution in [3.8, 4) is 5.75 Å². The van der Waals surface area contributed by atoms with E-state index in [1.165, 1.54) is 5.56 Å². The molecule has 6 heteroatoms. The molecule has 2 heterocycles. The summed E-state index contributed by atoms with van der Waals surface area (Å²) >= 11 is 1.74. The quantitative estimate of drug-likeness (QED) is 0.619. The SMILES string of the molecule is COc1cccc(NC(=O)[C@@H](c2ccccc2)N2CCN(Cc3ccsc3)CC2)c1. The lowest BCUT2D eigenvalue weighted by Crippen LogP contribution is -2.49. The van der Waals surface area contributed by atoms with Crippen LogP contribution >= 0.6 is 11.3 Å². The largest absolute Gasteiger partial charge is 0.497 e. The first-order valence-electron chi connectivity index (χ1n) is 10.2. The molecule has 4 rings (SSSR count). The fraction of sp³-hybridized carbons (Fsp3) is 0.292. The molecule has 1 amide bonds. The summed E-state index contributed by atoms with van der Waals surface area (Å²) in [5, 5.41) is 7.42. The smallest absolute Gasteiger partial charge is 0.246 e. The molecule has 156 valence electrons. The number of hydrogen-bond donors (Lipinski definition) is 1. The molecule has 1 aromatic heterocycles. The van der Waals surface area contributed by atoms with E-state index in [4.69, 9.17) is 4.74 Å². The average molecular weight is 422 g/mol. The van der Waals surface area contributed by atoms with Crippen molar-refractivity contribution in [1.82, 2.24) is 9.80 Å². The van der Waals surface area contributed by atoms with Crippen LogP contribution < -0.4 is 10.1 Å². The average Bonchev–Trinajstić information content (AvgIpc) is 3.29. The van der Waals surface area contributed by atoms with Crippen LogP contribution in [0.15, 0.2) is 71.4 Å². The van der Waals surface area contributed by atoms with Crippen LogP contribution in [0.25, 0.3) is 0 Å². The maximum Gasteiger partial charge on any atom is 0.246 e. The van der Waals surface area contributed by atoms with Crippen molar-refractivity contribution in [3.63, 3.8) is 0 Å². The molecular formula is C24H27N3O2S. The molecule has 0 spiro atoms. The molecule has 3 aromatic rings. The van der Waals surface area contributed by atoms with E-state index in [0.717, 1.165) is 49.7 Å². The summed E-state index contributed by atoms with van der Waals surface area (Å²) in [4.78, 5) is 18.1. The highest BCUT2D eigenvalue weighted by Gasteiger charge is 2.30. The van der Waals surface area contributed by atoms with Crippen LogP contribution in [0.5, 0.6) is 5.75 Å². The fourth-order valence-electron chi connectivity index (χ4n) is 3.90. The lowest BCUT2D eigenvalue weighted by Gasteiger charge is -2.38. The zero-order valence-corrected chi connectivity index (χ0v) is 18.0. The molecule has 0 unspecified atom stereocenters. The summed E-state index contributed by atoms with van der Waals surface area (Å²) in [5.74, 6) is 0.715. The Kier molecular flexibility index (Phi) is 6.79. The van der Waals surface area contributed by atoms with Crippen LogP contribution in [0, 0.1) is 0 Å². The molecule has 0 bridgehead atoms. The number of carbonyl (C=O) groups is 1. The number of amides is 1. The summed E-state index contributed by atoms with van der Waals surface area (Å²) in [6, 6.07) is 19.4. The van der Waals surface area contributed by atoms with E-state index in [0.29, 0.717) is 0 Å². The van der Waals surface area contributed by atoms with E-state index in [1.54, 1.807) is 18.4 Å². The first-order chi connectivity index (χ1) is 14.7. The molecule has 0 radical (unpaired) electrons. The highest BCUT2D eigenvalue weighted by molar-refractivity contribution is 7.07. The Labute approximate surface area is 181 Å². The predicted octanol–water partition coefficient (Wildman–Crippen LogP) is 4.25. The number of benzene rings is 2. The number of nitrogens with one attached hydrogen (secondary N) is 1. The van der Waals surface area contributed by atoms with Gasteiger partial charge in [0.2, 0.25) is 5.91 Å². The summed E-state index contributed by atoms with van der Waals surface area (Å²) in [5.41, 5.74) is 3.13. The van der Waals surface area contributed by atoms with E-state index in [9.17, 15) is 4.79 Å². The van der Waals surface area contributed by atoms with Crippen LogP contribution in [0.1, 0.15) is 17.2 Å². The summed E-state index contributed by atoms with van der Waals surface area (Å²) in [6.07, 6.45) is 0. The number of thiophene rings is 1. The van der Waals surface area contributed by atoms with Gasteiger partial charge >= 0.3 is 0 Å². The molecule has 1 aliphatic rings. The van der Waals surface area contributed by atoms with Crippen LogP contribution in [0.2, 0.25) is 0 Å². The van der Waals surface area contributed by atoms with Crippen molar-refractivity contribution in [2.24, 2.45) is 0 Å². The standard InChI is InChI=1S/C24H27N3O2S/c1-29-22-9-5-8-21(16-22)25-24(28)23(20-6-3-2-4-7-20)27-13-11-26(12-14-27)17-19-10-15-30-18-19/h2-10,15-16,18,23H,11-14,17H2,1H3,(H,25,28)/t23-/m1/s1. The number of nitrogens with zero attached hydrogens (tertiary/aromatic N) is 2. The molecule has 30 heavy (non-hydrogen) atoms. The van der Waals surface area contributed by atoms with Gasteiger partial charge in [-0.15, -0.1) is 0 Å². The lowest BCUT2D eigenvalue weighted by molar-refractivity contribution is -0.122. The maximum absolute atomic E-state index is 13.3. The second-order valence-electron chi connectivity index (χ2n) is 7.48. The van der Waals surface area contributed by atoms with E-state index >= 15 is 0 Å². The molecule has 0 saturated carbocycles. The van der Waals surface area contributed by atoms with Gasteiger partial charge in [-0.3, -0.25) is 14.6 Å². The van der Waals surface area contributed by atoms with Crippen molar-refractivity contribution in [3.05, 3.63) is 82.6 Å². The number of anilines is 1. The van der Waals surface area contributed by atoms with Crippen LogP contribution in [0.4, 0.5) is 5.69 Å². The van der Waals surface area contributed by atoms with Crippen molar-refractivity contribution in [1.29, 1.82) is 0 Å². The van der Waals surface area contributed by atoms with E-state index in [2.05, 4.69) is 31.9 Å². The molecule has 1 fully saturated rings. The van der Waals surface area contributed by atoms with Crippen molar-refractivity contribution in [2.45, 2.75) is 12.6 Å². The minimum atomic E-state index is -0.319. The maximum atomic E-state index is 13.3. The van der Waals surface area contributed by atoms with Gasteiger partial charge in [-0.05, 0) is 40.1 Å². The molecule has 1 N–H and O–H groups in total. The van der Waals surface area contributed by atoms with Crippen LogP contribution in [-0.2, 0) is 11.3 Å². The van der Waals surface area contributed by atoms with Gasteiger partial charge in [-0.1, -0.05) is 36.4 Å².